The zero-order chi connectivity index (χ0) is 13.0. The van der Waals surface area contributed by atoms with Crippen LogP contribution in [0, 0.1) is 0 Å². The fourth-order valence-electron chi connectivity index (χ4n) is 1.81. The second-order valence-corrected chi connectivity index (χ2v) is 4.78. The molecule has 0 unspecified atom stereocenters. The van der Waals surface area contributed by atoms with E-state index in [-0.39, 0.29) is 0 Å². The number of anilines is 1. The Morgan fingerprint density at radius 3 is 2.78 bits per heavy atom. The summed E-state index contributed by atoms with van der Waals surface area (Å²) in [5, 5.41) is 0. The van der Waals surface area contributed by atoms with Gasteiger partial charge in [-0.1, -0.05) is 0 Å². The van der Waals surface area contributed by atoms with Gasteiger partial charge in [0.2, 0.25) is 0 Å². The number of rotatable bonds is 5. The Kier molecular flexibility index (Phi) is 4.20. The Morgan fingerprint density at radius 1 is 1.39 bits per heavy atom. The van der Waals surface area contributed by atoms with Crippen molar-refractivity contribution in [1.29, 1.82) is 0 Å². The molecule has 1 aromatic carbocycles. The van der Waals surface area contributed by atoms with E-state index in [1.165, 1.54) is 0 Å². The summed E-state index contributed by atoms with van der Waals surface area (Å²) >= 11 is 3.50. The van der Waals surface area contributed by atoms with Gasteiger partial charge in [0.25, 0.3) is 0 Å². The Hall–Kier alpha value is -1.55. The first-order valence-corrected chi connectivity index (χ1v) is 6.56. The first kappa shape index (κ1) is 12.9. The summed E-state index contributed by atoms with van der Waals surface area (Å²) in [7, 11) is 0. The lowest BCUT2D eigenvalue weighted by Crippen LogP contribution is -2.22. The molecule has 0 atom stereocenters. The van der Waals surface area contributed by atoms with Crippen molar-refractivity contribution in [2.75, 3.05) is 11.4 Å². The van der Waals surface area contributed by atoms with Crippen molar-refractivity contribution in [1.82, 2.24) is 0 Å². The molecular formula is C14H14BrNO2. The van der Waals surface area contributed by atoms with Crippen LogP contribution in [0.1, 0.15) is 23.0 Å². The summed E-state index contributed by atoms with van der Waals surface area (Å²) in [5.74, 6) is 0.920. The topological polar surface area (TPSA) is 33.5 Å². The van der Waals surface area contributed by atoms with Crippen LogP contribution < -0.4 is 4.90 Å². The summed E-state index contributed by atoms with van der Waals surface area (Å²) in [6.45, 7) is 3.66. The van der Waals surface area contributed by atoms with Crippen LogP contribution in [0.5, 0.6) is 0 Å². The lowest BCUT2D eigenvalue weighted by atomic mass is 10.2. The van der Waals surface area contributed by atoms with Crippen LogP contribution in [-0.4, -0.2) is 12.8 Å². The van der Waals surface area contributed by atoms with E-state index in [4.69, 9.17) is 4.42 Å². The van der Waals surface area contributed by atoms with E-state index in [2.05, 4.69) is 27.8 Å². The number of carbonyl (C=O) groups excluding carboxylic acids is 1. The van der Waals surface area contributed by atoms with Crippen molar-refractivity contribution in [3.8, 4) is 0 Å². The highest BCUT2D eigenvalue weighted by Gasteiger charge is 2.10. The van der Waals surface area contributed by atoms with E-state index >= 15 is 0 Å². The molecule has 94 valence electrons. The zero-order valence-corrected chi connectivity index (χ0v) is 11.7. The highest BCUT2D eigenvalue weighted by atomic mass is 79.9. The van der Waals surface area contributed by atoms with Crippen molar-refractivity contribution < 1.29 is 9.21 Å². The molecule has 0 fully saturated rings. The number of hydrogen-bond donors (Lipinski definition) is 0. The van der Waals surface area contributed by atoms with Gasteiger partial charge in [-0.25, -0.2) is 0 Å². The van der Waals surface area contributed by atoms with Crippen molar-refractivity contribution in [2.45, 2.75) is 13.5 Å². The van der Waals surface area contributed by atoms with Gasteiger partial charge < -0.3 is 9.32 Å². The van der Waals surface area contributed by atoms with E-state index in [1.807, 2.05) is 30.3 Å². The quantitative estimate of drug-likeness (QED) is 0.786. The number of benzene rings is 1. The standard InChI is InChI=1S/C14H14BrNO2/c1-2-16(9-12-4-3-7-18-12)14-6-5-11(10-17)8-13(14)15/h3-8,10H,2,9H2,1H3. The first-order chi connectivity index (χ1) is 8.74. The van der Waals surface area contributed by atoms with E-state index in [1.54, 1.807) is 6.26 Å². The number of furan rings is 1. The van der Waals surface area contributed by atoms with E-state index in [0.717, 1.165) is 28.8 Å². The van der Waals surface area contributed by atoms with Crippen LogP contribution in [0.2, 0.25) is 0 Å². The molecule has 0 aliphatic rings. The summed E-state index contributed by atoms with van der Waals surface area (Å²) in [6.07, 6.45) is 2.52. The van der Waals surface area contributed by atoms with Crippen molar-refractivity contribution >= 4 is 27.9 Å². The van der Waals surface area contributed by atoms with Crippen molar-refractivity contribution in [3.63, 3.8) is 0 Å². The number of carbonyl (C=O) groups is 1. The predicted octanol–water partition coefficient (Wildman–Crippen LogP) is 3.88. The van der Waals surface area contributed by atoms with Crippen molar-refractivity contribution in [2.24, 2.45) is 0 Å². The average molecular weight is 308 g/mol. The van der Waals surface area contributed by atoms with Gasteiger partial charge in [0.1, 0.15) is 12.0 Å². The SMILES string of the molecule is CCN(Cc1ccco1)c1ccc(C=O)cc1Br. The molecular weight excluding hydrogens is 294 g/mol. The Morgan fingerprint density at radius 2 is 2.22 bits per heavy atom. The summed E-state index contributed by atoms with van der Waals surface area (Å²) in [6, 6.07) is 9.43. The minimum atomic E-state index is 0.666. The summed E-state index contributed by atoms with van der Waals surface area (Å²) < 4.78 is 6.28. The molecule has 0 N–H and O–H groups in total. The Balaban J connectivity index is 2.24. The number of hydrogen-bond acceptors (Lipinski definition) is 3. The molecule has 0 aliphatic heterocycles. The average Bonchev–Trinajstić information content (AvgIpc) is 2.89. The molecule has 0 saturated carbocycles. The molecule has 0 saturated heterocycles. The lowest BCUT2D eigenvalue weighted by molar-refractivity contribution is 0.112. The predicted molar refractivity (Wildman–Crippen MR) is 75.0 cm³/mol. The van der Waals surface area contributed by atoms with Crippen molar-refractivity contribution in [3.05, 3.63) is 52.4 Å². The van der Waals surface area contributed by atoms with Crippen LogP contribution in [0.15, 0.2) is 45.5 Å². The molecule has 0 bridgehead atoms. The maximum Gasteiger partial charge on any atom is 0.150 e. The maximum absolute atomic E-state index is 10.7. The fraction of sp³-hybridized carbons (Fsp3) is 0.214. The molecule has 0 amide bonds. The second kappa shape index (κ2) is 5.87. The highest BCUT2D eigenvalue weighted by Crippen LogP contribution is 2.28. The third kappa shape index (κ3) is 2.82. The molecule has 1 heterocycles. The number of nitrogens with zero attached hydrogens (tertiary/aromatic N) is 1. The number of aldehydes is 1. The normalized spacial score (nSPS) is 10.3. The molecule has 0 spiro atoms. The fourth-order valence-corrected chi connectivity index (χ4v) is 2.46. The smallest absolute Gasteiger partial charge is 0.150 e. The first-order valence-electron chi connectivity index (χ1n) is 5.76. The zero-order valence-electron chi connectivity index (χ0n) is 10.1. The van der Waals surface area contributed by atoms with Gasteiger partial charge in [0.05, 0.1) is 18.5 Å². The Bertz CT molecular complexity index is 523. The second-order valence-electron chi connectivity index (χ2n) is 3.92. The van der Waals surface area contributed by atoms with Crippen LogP contribution >= 0.6 is 15.9 Å². The minimum absolute atomic E-state index is 0.666. The molecule has 18 heavy (non-hydrogen) atoms. The molecule has 0 aliphatic carbocycles. The summed E-state index contributed by atoms with van der Waals surface area (Å²) in [4.78, 5) is 12.9. The van der Waals surface area contributed by atoms with E-state index in [0.29, 0.717) is 12.1 Å². The van der Waals surface area contributed by atoms with Gasteiger partial charge >= 0.3 is 0 Å². The summed E-state index contributed by atoms with van der Waals surface area (Å²) in [5.41, 5.74) is 1.72. The lowest BCUT2D eigenvalue weighted by Gasteiger charge is -2.23. The monoisotopic (exact) mass is 307 g/mol. The molecule has 1 aromatic heterocycles. The van der Waals surface area contributed by atoms with Crippen LogP contribution in [-0.2, 0) is 6.54 Å². The third-order valence-corrected chi connectivity index (χ3v) is 3.39. The minimum Gasteiger partial charge on any atom is -0.467 e. The molecule has 4 heteroatoms. The third-order valence-electron chi connectivity index (χ3n) is 2.76. The van der Waals surface area contributed by atoms with Gasteiger partial charge in [-0.05, 0) is 53.2 Å². The van der Waals surface area contributed by atoms with Gasteiger partial charge in [-0.15, -0.1) is 0 Å². The highest BCUT2D eigenvalue weighted by molar-refractivity contribution is 9.10. The van der Waals surface area contributed by atoms with Gasteiger partial charge in [-0.2, -0.15) is 0 Å². The van der Waals surface area contributed by atoms with E-state index in [9.17, 15) is 4.79 Å². The molecule has 2 rings (SSSR count). The van der Waals surface area contributed by atoms with Crippen LogP contribution in [0.4, 0.5) is 5.69 Å². The van der Waals surface area contributed by atoms with Gasteiger partial charge in [-0.3, -0.25) is 4.79 Å². The van der Waals surface area contributed by atoms with Crippen LogP contribution in [0.3, 0.4) is 0 Å². The molecule has 2 aromatic rings. The molecule has 3 nitrogen and oxygen atoms in total. The van der Waals surface area contributed by atoms with Crippen LogP contribution in [0.25, 0.3) is 0 Å². The molecule has 0 radical (unpaired) electrons. The number of halogens is 1. The van der Waals surface area contributed by atoms with Gasteiger partial charge in [0.15, 0.2) is 0 Å². The van der Waals surface area contributed by atoms with E-state index < -0.39 is 0 Å². The Labute approximate surface area is 115 Å². The maximum atomic E-state index is 10.7. The van der Waals surface area contributed by atoms with Gasteiger partial charge in [0, 0.05) is 16.6 Å². The largest absolute Gasteiger partial charge is 0.467 e.